The van der Waals surface area contributed by atoms with E-state index in [4.69, 9.17) is 10.5 Å². The highest BCUT2D eigenvalue weighted by Gasteiger charge is 2.09. The van der Waals surface area contributed by atoms with Crippen LogP contribution in [0.25, 0.3) is 22.0 Å². The monoisotopic (exact) mass is 373 g/mol. The lowest BCUT2D eigenvalue weighted by Gasteiger charge is -2.09. The fourth-order valence-electron chi connectivity index (χ4n) is 2.98. The van der Waals surface area contributed by atoms with Gasteiger partial charge in [0, 0.05) is 17.3 Å². The van der Waals surface area contributed by atoms with Crippen LogP contribution in [-0.4, -0.2) is 27.8 Å². The van der Waals surface area contributed by atoms with Crippen molar-refractivity contribution >= 4 is 34.2 Å². The van der Waals surface area contributed by atoms with E-state index in [2.05, 4.69) is 20.5 Å². The summed E-state index contributed by atoms with van der Waals surface area (Å²) in [5.41, 5.74) is 10.0. The summed E-state index contributed by atoms with van der Waals surface area (Å²) in [5, 5.41) is 11.0. The molecule has 0 aliphatic carbocycles. The number of nitrogens with one attached hydrogen (secondary N) is 2. The Morgan fingerprint density at radius 2 is 2.00 bits per heavy atom. The minimum absolute atomic E-state index is 0.339. The van der Waals surface area contributed by atoms with Gasteiger partial charge < -0.3 is 15.8 Å². The van der Waals surface area contributed by atoms with Crippen molar-refractivity contribution in [2.45, 2.75) is 6.92 Å². The molecule has 0 aliphatic rings. The van der Waals surface area contributed by atoms with Gasteiger partial charge in [-0.15, -0.1) is 0 Å². The second-order valence-corrected chi connectivity index (χ2v) is 6.23. The van der Waals surface area contributed by atoms with Gasteiger partial charge in [-0.25, -0.2) is 9.78 Å². The molecule has 7 heteroatoms. The summed E-state index contributed by atoms with van der Waals surface area (Å²) in [6, 6.07) is 16.9. The number of hydrogen-bond acceptors (Lipinski definition) is 6. The first-order chi connectivity index (χ1) is 13.6. The van der Waals surface area contributed by atoms with Gasteiger partial charge in [-0.05, 0) is 60.5 Å². The molecule has 2 aromatic carbocycles. The molecule has 0 unspecified atom stereocenters. The van der Waals surface area contributed by atoms with Crippen LogP contribution >= 0.6 is 0 Å². The maximum absolute atomic E-state index is 11.9. The van der Waals surface area contributed by atoms with Gasteiger partial charge in [0.25, 0.3) is 0 Å². The molecule has 0 saturated heterocycles. The Balaban J connectivity index is 1.61. The van der Waals surface area contributed by atoms with Crippen LogP contribution in [0.3, 0.4) is 0 Å². The summed E-state index contributed by atoms with van der Waals surface area (Å²) in [4.78, 5) is 16.3. The van der Waals surface area contributed by atoms with Crippen LogP contribution in [0.15, 0.2) is 60.8 Å². The van der Waals surface area contributed by atoms with E-state index < -0.39 is 0 Å². The van der Waals surface area contributed by atoms with Crippen molar-refractivity contribution in [3.05, 3.63) is 66.4 Å². The SMILES string of the molecule is CCOC(=O)c1cccc(Nc2cc(-c3ccc4[nH]nc(N)c4c3)ccn2)c1. The van der Waals surface area contributed by atoms with Gasteiger partial charge >= 0.3 is 5.97 Å². The van der Waals surface area contributed by atoms with Crippen molar-refractivity contribution in [1.82, 2.24) is 15.2 Å². The second kappa shape index (κ2) is 7.40. The van der Waals surface area contributed by atoms with E-state index in [1.165, 1.54) is 0 Å². The number of carbonyl (C=O) groups excluding carboxylic acids is 1. The molecule has 4 aromatic rings. The number of aromatic nitrogens is 3. The number of anilines is 3. The van der Waals surface area contributed by atoms with Crippen LogP contribution < -0.4 is 11.1 Å². The van der Waals surface area contributed by atoms with E-state index in [0.717, 1.165) is 27.7 Å². The van der Waals surface area contributed by atoms with Gasteiger partial charge in [0.05, 0.1) is 17.7 Å². The molecule has 2 aromatic heterocycles. The predicted molar refractivity (Wildman–Crippen MR) is 109 cm³/mol. The highest BCUT2D eigenvalue weighted by molar-refractivity contribution is 5.92. The first-order valence-electron chi connectivity index (χ1n) is 8.88. The summed E-state index contributed by atoms with van der Waals surface area (Å²) in [6.07, 6.45) is 1.73. The maximum Gasteiger partial charge on any atom is 0.338 e. The summed E-state index contributed by atoms with van der Waals surface area (Å²) < 4.78 is 5.05. The van der Waals surface area contributed by atoms with Crippen LogP contribution in [0.5, 0.6) is 0 Å². The largest absolute Gasteiger partial charge is 0.462 e. The third kappa shape index (κ3) is 3.50. The van der Waals surface area contributed by atoms with Gasteiger partial charge in [0.2, 0.25) is 0 Å². The Bertz CT molecular complexity index is 1150. The first-order valence-corrected chi connectivity index (χ1v) is 8.88. The van der Waals surface area contributed by atoms with Gasteiger partial charge in [-0.3, -0.25) is 5.10 Å². The standard InChI is InChI=1S/C21H19N5O2/c1-2-28-21(27)15-4-3-5-16(10-15)24-19-12-14(8-9-23-19)13-6-7-18-17(11-13)20(22)26-25-18/h3-12H,2H2,1H3,(H,23,24)(H3,22,25,26). The Morgan fingerprint density at radius 3 is 2.86 bits per heavy atom. The smallest absolute Gasteiger partial charge is 0.338 e. The van der Waals surface area contributed by atoms with Crippen LogP contribution in [0.1, 0.15) is 17.3 Å². The fourth-order valence-corrected chi connectivity index (χ4v) is 2.98. The lowest BCUT2D eigenvalue weighted by Crippen LogP contribution is -2.05. The van der Waals surface area contributed by atoms with E-state index >= 15 is 0 Å². The zero-order valence-corrected chi connectivity index (χ0v) is 15.3. The predicted octanol–water partition coefficient (Wildman–Crippen LogP) is 4.13. The third-order valence-electron chi connectivity index (χ3n) is 4.33. The molecule has 0 saturated carbocycles. The van der Waals surface area contributed by atoms with Crippen molar-refractivity contribution in [3.8, 4) is 11.1 Å². The minimum atomic E-state index is -0.348. The molecule has 0 bridgehead atoms. The average molecular weight is 373 g/mol. The van der Waals surface area contributed by atoms with Gasteiger partial charge in [-0.1, -0.05) is 12.1 Å². The molecule has 0 aliphatic heterocycles. The molecule has 2 heterocycles. The van der Waals surface area contributed by atoms with Crippen LogP contribution in [-0.2, 0) is 4.74 Å². The van der Waals surface area contributed by atoms with Crippen LogP contribution in [0, 0.1) is 0 Å². The Morgan fingerprint density at radius 1 is 1.14 bits per heavy atom. The van der Waals surface area contributed by atoms with Crippen molar-refractivity contribution in [1.29, 1.82) is 0 Å². The number of ether oxygens (including phenoxy) is 1. The second-order valence-electron chi connectivity index (χ2n) is 6.23. The van der Waals surface area contributed by atoms with E-state index in [1.54, 1.807) is 31.3 Å². The highest BCUT2D eigenvalue weighted by atomic mass is 16.5. The molecule has 140 valence electrons. The number of H-pyrrole nitrogens is 1. The topological polar surface area (TPSA) is 106 Å². The molecule has 4 rings (SSSR count). The van der Waals surface area contributed by atoms with Crippen molar-refractivity contribution < 1.29 is 9.53 Å². The number of rotatable bonds is 5. The van der Waals surface area contributed by atoms with E-state index in [1.807, 2.05) is 36.4 Å². The summed E-state index contributed by atoms with van der Waals surface area (Å²) in [6.45, 7) is 2.12. The summed E-state index contributed by atoms with van der Waals surface area (Å²) in [7, 11) is 0. The molecule has 4 N–H and O–H groups in total. The maximum atomic E-state index is 11.9. The molecule has 0 fully saturated rings. The third-order valence-corrected chi connectivity index (χ3v) is 4.33. The van der Waals surface area contributed by atoms with Crippen molar-refractivity contribution in [3.63, 3.8) is 0 Å². The fraction of sp³-hybridized carbons (Fsp3) is 0.0952. The molecule has 0 radical (unpaired) electrons. The number of benzene rings is 2. The van der Waals surface area contributed by atoms with Crippen LogP contribution in [0.4, 0.5) is 17.3 Å². The molecular formula is C21H19N5O2. The van der Waals surface area contributed by atoms with Crippen molar-refractivity contribution in [2.24, 2.45) is 0 Å². The normalized spacial score (nSPS) is 10.8. The van der Waals surface area contributed by atoms with Gasteiger partial charge in [0.1, 0.15) is 5.82 Å². The minimum Gasteiger partial charge on any atom is -0.462 e. The number of pyridine rings is 1. The molecule has 28 heavy (non-hydrogen) atoms. The number of nitrogens with zero attached hydrogens (tertiary/aromatic N) is 2. The highest BCUT2D eigenvalue weighted by Crippen LogP contribution is 2.28. The van der Waals surface area contributed by atoms with E-state index in [-0.39, 0.29) is 5.97 Å². The summed E-state index contributed by atoms with van der Waals surface area (Å²) >= 11 is 0. The van der Waals surface area contributed by atoms with Gasteiger partial charge in [0.15, 0.2) is 5.82 Å². The lowest BCUT2D eigenvalue weighted by atomic mass is 10.0. The van der Waals surface area contributed by atoms with Crippen molar-refractivity contribution in [2.75, 3.05) is 17.7 Å². The lowest BCUT2D eigenvalue weighted by molar-refractivity contribution is 0.0526. The molecule has 7 nitrogen and oxygen atoms in total. The first kappa shape index (κ1) is 17.5. The molecule has 0 spiro atoms. The Labute approximate surface area is 161 Å². The zero-order valence-electron chi connectivity index (χ0n) is 15.3. The Hall–Kier alpha value is -3.87. The average Bonchev–Trinajstić information content (AvgIpc) is 3.09. The van der Waals surface area contributed by atoms with E-state index in [0.29, 0.717) is 23.8 Å². The zero-order chi connectivity index (χ0) is 19.5. The number of nitrogens with two attached hydrogens (primary N) is 1. The number of esters is 1. The molecule has 0 amide bonds. The van der Waals surface area contributed by atoms with Crippen LogP contribution in [0.2, 0.25) is 0 Å². The molecular weight excluding hydrogens is 354 g/mol. The number of hydrogen-bond donors (Lipinski definition) is 3. The number of fused-ring (bicyclic) bond motifs is 1. The number of aromatic amines is 1. The Kier molecular flexibility index (Phi) is 4.63. The summed E-state index contributed by atoms with van der Waals surface area (Å²) in [5.74, 6) is 0.790. The number of carbonyl (C=O) groups is 1. The number of nitrogen functional groups attached to an aromatic ring is 1. The van der Waals surface area contributed by atoms with Gasteiger partial charge in [-0.2, -0.15) is 5.10 Å². The quantitative estimate of drug-likeness (QED) is 0.454. The molecule has 0 atom stereocenters. The van der Waals surface area contributed by atoms with E-state index in [9.17, 15) is 4.79 Å².